The third kappa shape index (κ3) is 2.73. The van der Waals surface area contributed by atoms with Gasteiger partial charge in [0, 0.05) is 10.7 Å². The Balaban J connectivity index is 1.95. The second-order valence-electron chi connectivity index (χ2n) is 4.09. The van der Waals surface area contributed by atoms with E-state index in [4.69, 9.17) is 0 Å². The van der Waals surface area contributed by atoms with Gasteiger partial charge in [-0.25, -0.2) is 4.98 Å². The van der Waals surface area contributed by atoms with Crippen molar-refractivity contribution < 1.29 is 0 Å². The lowest BCUT2D eigenvalue weighted by atomic mass is 10.3. The Kier molecular flexibility index (Phi) is 3.79. The number of hydrogen-bond acceptors (Lipinski definition) is 5. The Morgan fingerprint density at radius 3 is 2.75 bits per heavy atom. The van der Waals surface area contributed by atoms with E-state index in [-0.39, 0.29) is 0 Å². The number of rotatable bonds is 3. The van der Waals surface area contributed by atoms with Crippen LogP contribution in [0.3, 0.4) is 0 Å². The molecule has 0 aliphatic heterocycles. The van der Waals surface area contributed by atoms with Gasteiger partial charge >= 0.3 is 0 Å². The Labute approximate surface area is 128 Å². The van der Waals surface area contributed by atoms with Crippen molar-refractivity contribution in [1.29, 1.82) is 0 Å². The highest BCUT2D eigenvalue weighted by Crippen LogP contribution is 2.28. The van der Waals surface area contributed by atoms with Crippen molar-refractivity contribution in [3.63, 3.8) is 0 Å². The van der Waals surface area contributed by atoms with E-state index in [9.17, 15) is 0 Å². The normalized spacial score (nSPS) is 10.7. The molecule has 0 spiro atoms. The lowest BCUT2D eigenvalue weighted by molar-refractivity contribution is 0.755. The standard InChI is InChI=1S/C13H10BrN5S/c1-9-7-10(14)8-15-12(9)20-13-16-17-18-19(13)11-5-3-2-4-6-11/h2-8H,1H3. The van der Waals surface area contributed by atoms with Crippen molar-refractivity contribution in [1.82, 2.24) is 25.2 Å². The number of pyridine rings is 1. The Morgan fingerprint density at radius 2 is 2.00 bits per heavy atom. The summed E-state index contributed by atoms with van der Waals surface area (Å²) in [6, 6.07) is 11.8. The fraction of sp³-hybridized carbons (Fsp3) is 0.0769. The molecule has 0 fully saturated rings. The molecule has 5 nitrogen and oxygen atoms in total. The minimum atomic E-state index is 0.689. The molecule has 0 N–H and O–H groups in total. The summed E-state index contributed by atoms with van der Waals surface area (Å²) >= 11 is 4.85. The molecule has 0 saturated heterocycles. The van der Waals surface area contributed by atoms with Crippen molar-refractivity contribution >= 4 is 27.7 Å². The van der Waals surface area contributed by atoms with Gasteiger partial charge in [0.15, 0.2) is 0 Å². The summed E-state index contributed by atoms with van der Waals surface area (Å²) in [5.41, 5.74) is 2.00. The van der Waals surface area contributed by atoms with E-state index in [2.05, 4.69) is 36.4 Å². The minimum absolute atomic E-state index is 0.689. The zero-order valence-corrected chi connectivity index (χ0v) is 13.0. The highest BCUT2D eigenvalue weighted by atomic mass is 79.9. The Bertz CT molecular complexity index is 729. The second kappa shape index (κ2) is 5.72. The van der Waals surface area contributed by atoms with Crippen molar-refractivity contribution in [3.05, 3.63) is 52.6 Å². The summed E-state index contributed by atoms with van der Waals surface area (Å²) < 4.78 is 2.66. The molecule has 0 atom stereocenters. The van der Waals surface area contributed by atoms with E-state index < -0.39 is 0 Å². The van der Waals surface area contributed by atoms with Crippen LogP contribution in [0.5, 0.6) is 0 Å². The molecule has 0 saturated carbocycles. The van der Waals surface area contributed by atoms with Gasteiger partial charge in [-0.1, -0.05) is 18.2 Å². The van der Waals surface area contributed by atoms with Crippen molar-refractivity contribution in [3.8, 4) is 5.69 Å². The first-order chi connectivity index (χ1) is 9.74. The Morgan fingerprint density at radius 1 is 1.20 bits per heavy atom. The topological polar surface area (TPSA) is 56.5 Å². The highest BCUT2D eigenvalue weighted by molar-refractivity contribution is 9.10. The van der Waals surface area contributed by atoms with E-state index in [1.165, 1.54) is 11.8 Å². The number of benzene rings is 1. The van der Waals surface area contributed by atoms with E-state index in [1.54, 1.807) is 10.9 Å². The van der Waals surface area contributed by atoms with Gasteiger partial charge in [0.1, 0.15) is 5.03 Å². The number of nitrogens with zero attached hydrogens (tertiary/aromatic N) is 5. The van der Waals surface area contributed by atoms with Crippen molar-refractivity contribution in [2.24, 2.45) is 0 Å². The highest BCUT2D eigenvalue weighted by Gasteiger charge is 2.12. The maximum atomic E-state index is 4.39. The molecular weight excluding hydrogens is 338 g/mol. The van der Waals surface area contributed by atoms with E-state index in [1.807, 2.05) is 43.3 Å². The SMILES string of the molecule is Cc1cc(Br)cnc1Sc1nnnn1-c1ccccc1. The van der Waals surface area contributed by atoms with Crippen LogP contribution in [0.1, 0.15) is 5.56 Å². The quantitative estimate of drug-likeness (QED) is 0.727. The summed E-state index contributed by atoms with van der Waals surface area (Å²) in [6.07, 6.45) is 1.77. The molecule has 0 aliphatic carbocycles. The number of para-hydroxylation sites is 1. The summed E-state index contributed by atoms with van der Waals surface area (Å²) in [6.45, 7) is 2.01. The van der Waals surface area contributed by atoms with Crippen LogP contribution in [0.25, 0.3) is 5.69 Å². The summed E-state index contributed by atoms with van der Waals surface area (Å²) in [4.78, 5) is 4.39. The van der Waals surface area contributed by atoms with Gasteiger partial charge in [-0.15, -0.1) is 5.10 Å². The molecule has 0 unspecified atom stereocenters. The van der Waals surface area contributed by atoms with Crippen LogP contribution in [-0.4, -0.2) is 25.2 Å². The zero-order chi connectivity index (χ0) is 13.9. The molecule has 20 heavy (non-hydrogen) atoms. The van der Waals surface area contributed by atoms with Crippen LogP contribution in [0.15, 0.2) is 57.3 Å². The summed E-state index contributed by atoms with van der Waals surface area (Å²) in [7, 11) is 0. The molecule has 2 aromatic heterocycles. The first kappa shape index (κ1) is 13.3. The van der Waals surface area contributed by atoms with Gasteiger partial charge in [-0.2, -0.15) is 4.68 Å². The molecule has 1 aromatic carbocycles. The number of halogens is 1. The van der Waals surface area contributed by atoms with Gasteiger partial charge in [-0.3, -0.25) is 0 Å². The monoisotopic (exact) mass is 347 g/mol. The molecule has 0 bridgehead atoms. The van der Waals surface area contributed by atoms with Gasteiger partial charge in [0.05, 0.1) is 5.69 Å². The maximum absolute atomic E-state index is 4.39. The molecule has 0 aliphatic rings. The first-order valence-corrected chi connectivity index (χ1v) is 7.49. The third-order valence-electron chi connectivity index (χ3n) is 2.63. The molecular formula is C13H10BrN5S. The van der Waals surface area contributed by atoms with E-state index >= 15 is 0 Å². The van der Waals surface area contributed by atoms with E-state index in [0.717, 1.165) is 20.7 Å². The van der Waals surface area contributed by atoms with Gasteiger partial charge < -0.3 is 0 Å². The van der Waals surface area contributed by atoms with Crippen LogP contribution >= 0.6 is 27.7 Å². The molecule has 100 valence electrons. The van der Waals surface area contributed by atoms with Crippen LogP contribution in [0, 0.1) is 6.92 Å². The van der Waals surface area contributed by atoms with Crippen molar-refractivity contribution in [2.75, 3.05) is 0 Å². The number of hydrogen-bond donors (Lipinski definition) is 0. The summed E-state index contributed by atoms with van der Waals surface area (Å²) in [5, 5.41) is 13.4. The first-order valence-electron chi connectivity index (χ1n) is 5.88. The molecule has 2 heterocycles. The van der Waals surface area contributed by atoms with Gasteiger partial charge in [0.25, 0.3) is 0 Å². The molecule has 0 radical (unpaired) electrons. The van der Waals surface area contributed by atoms with Crippen molar-refractivity contribution in [2.45, 2.75) is 17.1 Å². The minimum Gasteiger partial charge on any atom is -0.248 e. The van der Waals surface area contributed by atoms with Gasteiger partial charge in [-0.05, 0) is 68.8 Å². The largest absolute Gasteiger partial charge is 0.248 e. The average Bonchev–Trinajstić information content (AvgIpc) is 2.91. The molecule has 3 aromatic rings. The zero-order valence-electron chi connectivity index (χ0n) is 10.6. The number of aromatic nitrogens is 5. The maximum Gasteiger partial charge on any atom is 0.220 e. The fourth-order valence-electron chi connectivity index (χ4n) is 1.70. The van der Waals surface area contributed by atoms with Crippen LogP contribution < -0.4 is 0 Å². The van der Waals surface area contributed by atoms with Gasteiger partial charge in [0.2, 0.25) is 5.16 Å². The molecule has 3 rings (SSSR count). The predicted molar refractivity (Wildman–Crippen MR) is 80.0 cm³/mol. The second-order valence-corrected chi connectivity index (χ2v) is 5.96. The van der Waals surface area contributed by atoms with Crippen LogP contribution in [0.4, 0.5) is 0 Å². The number of tetrazole rings is 1. The lowest BCUT2D eigenvalue weighted by Gasteiger charge is -2.05. The molecule has 0 amide bonds. The smallest absolute Gasteiger partial charge is 0.220 e. The van der Waals surface area contributed by atoms with Crippen LogP contribution in [-0.2, 0) is 0 Å². The molecule has 7 heteroatoms. The van der Waals surface area contributed by atoms with Crippen LogP contribution in [0.2, 0.25) is 0 Å². The third-order valence-corrected chi connectivity index (χ3v) is 4.12. The summed E-state index contributed by atoms with van der Waals surface area (Å²) in [5.74, 6) is 0. The fourth-order valence-corrected chi connectivity index (χ4v) is 2.94. The Hall–Kier alpha value is -1.73. The number of aryl methyl sites for hydroxylation is 1. The average molecular weight is 348 g/mol. The van der Waals surface area contributed by atoms with E-state index in [0.29, 0.717) is 5.16 Å². The lowest BCUT2D eigenvalue weighted by Crippen LogP contribution is -1.99. The predicted octanol–water partition coefficient (Wildman–Crippen LogP) is 3.28.